The van der Waals surface area contributed by atoms with E-state index in [-0.39, 0.29) is 29.6 Å². The van der Waals surface area contributed by atoms with Gasteiger partial charge >= 0.3 is 36.4 Å². The molecule has 0 heterocycles. The molecule has 0 bridgehead atoms. The molecule has 0 unspecified atom stereocenters. The van der Waals surface area contributed by atoms with Gasteiger partial charge in [-0.3, -0.25) is 0 Å². The van der Waals surface area contributed by atoms with Crippen molar-refractivity contribution in [2.75, 3.05) is 14.2 Å². The zero-order valence-corrected chi connectivity index (χ0v) is 5.91. The fourth-order valence-electron chi connectivity index (χ4n) is 0.0745. The molecule has 0 saturated carbocycles. The molecule has 3 nitrogen and oxygen atoms in total. The van der Waals surface area contributed by atoms with Gasteiger partial charge in [0.25, 0.3) is 0 Å². The van der Waals surface area contributed by atoms with Crippen LogP contribution in [0.4, 0.5) is 0 Å². The number of hydrogen-bond acceptors (Lipinski definition) is 3. The summed E-state index contributed by atoms with van der Waals surface area (Å²) in [6, 6.07) is 0. The maximum atomic E-state index is 10.4. The molecule has 0 aliphatic heterocycles. The van der Waals surface area contributed by atoms with Crippen LogP contribution in [0.5, 0.6) is 0 Å². The van der Waals surface area contributed by atoms with E-state index in [0.29, 0.717) is 0 Å². The van der Waals surface area contributed by atoms with Crippen molar-refractivity contribution in [1.29, 1.82) is 0 Å². The Morgan fingerprint density at radius 2 is 1.62 bits per heavy atom. The van der Waals surface area contributed by atoms with Crippen LogP contribution in [0.15, 0.2) is 0 Å². The molecule has 0 amide bonds. The summed E-state index contributed by atoms with van der Waals surface area (Å²) in [5.41, 5.74) is 0. The Morgan fingerprint density at radius 1 is 1.38 bits per heavy atom. The monoisotopic (exact) mass is 166 g/mol. The summed E-state index contributed by atoms with van der Waals surface area (Å²) < 4.78 is 18.9. The summed E-state index contributed by atoms with van der Waals surface area (Å²) in [5, 5.41) is 0. The summed E-state index contributed by atoms with van der Waals surface area (Å²) in [6.45, 7) is -2.96. The molecule has 0 aromatic carbocycles. The summed E-state index contributed by atoms with van der Waals surface area (Å²) in [4.78, 5) is 0. The third-order valence-corrected chi connectivity index (χ3v) is 2.36. The number of hydrogen-bond donors (Lipinski definition) is 1. The van der Waals surface area contributed by atoms with Crippen LogP contribution in [0.1, 0.15) is 0 Å². The summed E-state index contributed by atoms with van der Waals surface area (Å²) in [6.07, 6.45) is 0. The predicted octanol–water partition coefficient (Wildman–Crippen LogP) is 0.669. The molecule has 0 N–H and O–H groups in total. The Labute approximate surface area is 76.1 Å². The van der Waals surface area contributed by atoms with Crippen LogP contribution in [0.2, 0.25) is 0 Å². The maximum absolute atomic E-state index is 10.4. The fraction of sp³-hybridized carbons (Fsp3) is 1.00. The van der Waals surface area contributed by atoms with E-state index in [0.717, 1.165) is 0 Å². The first-order valence-electron chi connectivity index (χ1n) is 1.56. The van der Waals surface area contributed by atoms with Crippen molar-refractivity contribution in [3.05, 3.63) is 0 Å². The van der Waals surface area contributed by atoms with Crippen molar-refractivity contribution >= 4 is 48.6 Å². The van der Waals surface area contributed by atoms with E-state index in [2.05, 4.69) is 21.3 Å². The zero-order valence-electron chi connectivity index (χ0n) is 4.12. The second-order valence-electron chi connectivity index (χ2n) is 0.834. The molecule has 46 valence electrons. The second-order valence-corrected chi connectivity index (χ2v) is 3.97. The third kappa shape index (κ3) is 5.63. The normalized spacial score (nSPS) is 10.4. The first-order chi connectivity index (χ1) is 3.12. The quantitative estimate of drug-likeness (QED) is 0.372. The van der Waals surface area contributed by atoms with Gasteiger partial charge in [0, 0.05) is 14.2 Å². The van der Waals surface area contributed by atoms with E-state index >= 15 is 0 Å². The summed E-state index contributed by atoms with van der Waals surface area (Å²) >= 11 is 3.50. The summed E-state index contributed by atoms with van der Waals surface area (Å²) in [7, 11) is 2.55. The van der Waals surface area contributed by atoms with Crippen LogP contribution in [-0.4, -0.2) is 43.8 Å². The molecule has 0 aromatic rings. The molecular weight excluding hydrogens is 158 g/mol. The molecule has 0 aliphatic rings. The van der Waals surface area contributed by atoms with Crippen LogP contribution in [0.3, 0.4) is 0 Å². The van der Waals surface area contributed by atoms with Gasteiger partial charge in [0.05, 0.1) is 0 Å². The molecule has 0 saturated heterocycles. The van der Waals surface area contributed by atoms with Crippen molar-refractivity contribution in [1.82, 2.24) is 0 Å². The predicted molar refractivity (Wildman–Crippen MR) is 37.8 cm³/mol. The standard InChI is InChI=1S/C2H7O3PS.Na.H/c1-4-6(3,7)5-2;;/h1-2H3,(H,3,7);;. The first-order valence-corrected chi connectivity index (χ1v) is 4.26. The molecule has 6 heteroatoms. The van der Waals surface area contributed by atoms with Crippen molar-refractivity contribution in [2.45, 2.75) is 0 Å². The van der Waals surface area contributed by atoms with E-state index in [1.54, 1.807) is 0 Å². The molecule has 0 radical (unpaired) electrons. The van der Waals surface area contributed by atoms with Crippen LogP contribution in [0.25, 0.3) is 0 Å². The van der Waals surface area contributed by atoms with Gasteiger partial charge in [-0.25, -0.2) is 4.57 Å². The average Bonchev–Trinajstić information content (AvgIpc) is 1.68. The third-order valence-electron chi connectivity index (χ3n) is 0.461. The van der Waals surface area contributed by atoms with Gasteiger partial charge < -0.3 is 9.05 Å². The van der Waals surface area contributed by atoms with Crippen LogP contribution in [-0.2, 0) is 13.6 Å². The van der Waals surface area contributed by atoms with E-state index in [9.17, 15) is 4.57 Å². The topological polar surface area (TPSA) is 35.5 Å². The Morgan fingerprint density at radius 3 is 1.62 bits per heavy atom. The van der Waals surface area contributed by atoms with Crippen LogP contribution >= 0.6 is 19.0 Å². The van der Waals surface area contributed by atoms with Gasteiger partial charge in [-0.15, -0.1) is 0 Å². The Hall–Kier alpha value is 1.50. The van der Waals surface area contributed by atoms with E-state index in [4.69, 9.17) is 0 Å². The number of thiol groups is 1. The van der Waals surface area contributed by atoms with E-state index < -0.39 is 6.80 Å². The first kappa shape index (κ1) is 12.2. The summed E-state index contributed by atoms with van der Waals surface area (Å²) in [5.74, 6) is 0. The molecule has 0 fully saturated rings. The minimum absolute atomic E-state index is 0. The minimum atomic E-state index is -2.96. The van der Waals surface area contributed by atoms with Gasteiger partial charge in [-0.1, -0.05) is 12.2 Å². The average molecular weight is 166 g/mol. The van der Waals surface area contributed by atoms with Crippen molar-refractivity contribution < 1.29 is 13.6 Å². The van der Waals surface area contributed by atoms with Gasteiger partial charge in [-0.2, -0.15) is 0 Å². The Balaban J connectivity index is 0. The van der Waals surface area contributed by atoms with Crippen LogP contribution in [0, 0.1) is 0 Å². The van der Waals surface area contributed by atoms with Crippen LogP contribution < -0.4 is 0 Å². The van der Waals surface area contributed by atoms with Crippen molar-refractivity contribution in [3.8, 4) is 0 Å². The van der Waals surface area contributed by atoms with Crippen molar-refractivity contribution in [2.24, 2.45) is 0 Å². The molecule has 0 rings (SSSR count). The molecule has 0 aromatic heterocycles. The molecule has 0 atom stereocenters. The van der Waals surface area contributed by atoms with Gasteiger partial charge in [0.15, 0.2) is 0 Å². The molecular formula is C2H8NaO3PS. The van der Waals surface area contributed by atoms with Gasteiger partial charge in [0.2, 0.25) is 0 Å². The second kappa shape index (κ2) is 5.30. The molecule has 0 spiro atoms. The Bertz CT molecular complexity index is 89.3. The van der Waals surface area contributed by atoms with E-state index in [1.165, 1.54) is 14.2 Å². The Kier molecular flexibility index (Phi) is 8.08. The van der Waals surface area contributed by atoms with Gasteiger partial charge in [-0.05, 0) is 0 Å². The fourth-order valence-corrected chi connectivity index (χ4v) is 0.224. The number of rotatable bonds is 2. The zero-order chi connectivity index (χ0) is 5.91. The molecule has 8 heavy (non-hydrogen) atoms. The SMILES string of the molecule is COP(=O)(S)OC.[NaH]. The van der Waals surface area contributed by atoms with E-state index in [1.807, 2.05) is 0 Å². The van der Waals surface area contributed by atoms with Crippen molar-refractivity contribution in [3.63, 3.8) is 0 Å². The molecule has 0 aliphatic carbocycles. The van der Waals surface area contributed by atoms with Gasteiger partial charge in [0.1, 0.15) is 0 Å².